The van der Waals surface area contributed by atoms with Gasteiger partial charge in [-0.1, -0.05) is 12.1 Å². The number of hydrogen-bond acceptors (Lipinski definition) is 2. The molecule has 0 radical (unpaired) electrons. The van der Waals surface area contributed by atoms with E-state index in [4.69, 9.17) is 0 Å². The van der Waals surface area contributed by atoms with Gasteiger partial charge >= 0.3 is 0 Å². The molecule has 0 aromatic heterocycles. The normalized spacial score (nSPS) is 16.4. The third kappa shape index (κ3) is 1.86. The summed E-state index contributed by atoms with van der Waals surface area (Å²) in [7, 11) is 2.12. The van der Waals surface area contributed by atoms with Crippen LogP contribution in [0.25, 0.3) is 0 Å². The third-order valence-corrected chi connectivity index (χ3v) is 3.14. The number of aliphatic hydroxyl groups is 1. The molecule has 82 valence electrons. The number of nitrogens with zero attached hydrogens (tertiary/aromatic N) is 1. The molecule has 0 fully saturated rings. The zero-order valence-electron chi connectivity index (χ0n) is 9.75. The topological polar surface area (TPSA) is 23.5 Å². The molecule has 2 heteroatoms. The average molecular weight is 205 g/mol. The van der Waals surface area contributed by atoms with Crippen LogP contribution >= 0.6 is 0 Å². The Labute approximate surface area is 91.5 Å². The molecule has 15 heavy (non-hydrogen) atoms. The molecule has 0 aliphatic carbocycles. The van der Waals surface area contributed by atoms with Gasteiger partial charge in [0.1, 0.15) is 0 Å². The summed E-state index contributed by atoms with van der Waals surface area (Å²) >= 11 is 0. The minimum absolute atomic E-state index is 0.733. The van der Waals surface area contributed by atoms with Crippen LogP contribution in [-0.4, -0.2) is 18.7 Å². The summed E-state index contributed by atoms with van der Waals surface area (Å²) in [5, 5.41) is 10.1. The van der Waals surface area contributed by atoms with E-state index < -0.39 is 5.60 Å². The second kappa shape index (κ2) is 3.53. The zero-order valence-corrected chi connectivity index (χ0v) is 9.75. The minimum Gasteiger partial charge on any atom is -0.386 e. The Hall–Kier alpha value is -1.02. The van der Waals surface area contributed by atoms with Gasteiger partial charge in [-0.2, -0.15) is 0 Å². The fraction of sp³-hybridized carbons (Fsp3) is 0.538. The van der Waals surface area contributed by atoms with Crippen molar-refractivity contribution >= 4 is 5.69 Å². The molecule has 0 bridgehead atoms. The smallest absolute Gasteiger partial charge is 0.0843 e. The molecule has 2 nitrogen and oxygen atoms in total. The van der Waals surface area contributed by atoms with E-state index in [2.05, 4.69) is 18.0 Å². The van der Waals surface area contributed by atoms with Gasteiger partial charge in [-0.15, -0.1) is 0 Å². The Morgan fingerprint density at radius 3 is 2.73 bits per heavy atom. The highest BCUT2D eigenvalue weighted by Crippen LogP contribution is 2.33. The second-order valence-corrected chi connectivity index (χ2v) is 4.89. The predicted octanol–water partition coefficient (Wildman–Crippen LogP) is 2.30. The highest BCUT2D eigenvalue weighted by atomic mass is 16.3. The standard InChI is InChI=1S/C13H19NO/c1-13(2,15)11-7-4-8-12-10(11)6-5-9-14(12)3/h4,7-8,15H,5-6,9H2,1-3H3. The van der Waals surface area contributed by atoms with Gasteiger partial charge in [-0.3, -0.25) is 0 Å². The Morgan fingerprint density at radius 2 is 2.07 bits per heavy atom. The first-order valence-corrected chi connectivity index (χ1v) is 5.56. The highest BCUT2D eigenvalue weighted by Gasteiger charge is 2.24. The Bertz CT molecular complexity index is 365. The maximum absolute atomic E-state index is 10.1. The van der Waals surface area contributed by atoms with Crippen molar-refractivity contribution < 1.29 is 5.11 Å². The SMILES string of the molecule is CN1CCCc2c1cccc2C(C)(C)O. The molecule has 1 aromatic rings. The van der Waals surface area contributed by atoms with E-state index in [-0.39, 0.29) is 0 Å². The minimum atomic E-state index is -0.733. The molecule has 1 heterocycles. The van der Waals surface area contributed by atoms with Crippen molar-refractivity contribution in [2.75, 3.05) is 18.5 Å². The van der Waals surface area contributed by atoms with Gasteiger partial charge in [-0.25, -0.2) is 0 Å². The molecule has 0 amide bonds. The van der Waals surface area contributed by atoms with E-state index in [9.17, 15) is 5.11 Å². The molecule has 0 atom stereocenters. The van der Waals surface area contributed by atoms with Gasteiger partial charge in [0.25, 0.3) is 0 Å². The first-order valence-electron chi connectivity index (χ1n) is 5.56. The van der Waals surface area contributed by atoms with Gasteiger partial charge in [0, 0.05) is 19.3 Å². The van der Waals surface area contributed by atoms with Gasteiger partial charge in [-0.05, 0) is 43.9 Å². The molecule has 0 unspecified atom stereocenters. The Kier molecular flexibility index (Phi) is 2.47. The van der Waals surface area contributed by atoms with Crippen molar-refractivity contribution in [3.63, 3.8) is 0 Å². The van der Waals surface area contributed by atoms with Gasteiger partial charge in [0.2, 0.25) is 0 Å². The van der Waals surface area contributed by atoms with E-state index in [1.165, 1.54) is 17.7 Å². The van der Waals surface area contributed by atoms with E-state index >= 15 is 0 Å². The van der Waals surface area contributed by atoms with Crippen LogP contribution in [0.5, 0.6) is 0 Å². The number of anilines is 1. The maximum atomic E-state index is 10.1. The Balaban J connectivity index is 2.54. The number of fused-ring (bicyclic) bond motifs is 1. The maximum Gasteiger partial charge on any atom is 0.0843 e. The lowest BCUT2D eigenvalue weighted by molar-refractivity contribution is 0.0775. The van der Waals surface area contributed by atoms with Crippen LogP contribution < -0.4 is 4.90 Å². The van der Waals surface area contributed by atoms with Gasteiger partial charge in [0.05, 0.1) is 5.60 Å². The summed E-state index contributed by atoms with van der Waals surface area (Å²) in [4.78, 5) is 2.27. The zero-order chi connectivity index (χ0) is 11.1. The number of benzene rings is 1. The summed E-state index contributed by atoms with van der Waals surface area (Å²) in [5.74, 6) is 0. The number of rotatable bonds is 1. The monoisotopic (exact) mass is 205 g/mol. The third-order valence-electron chi connectivity index (χ3n) is 3.14. The summed E-state index contributed by atoms with van der Waals surface area (Å²) < 4.78 is 0. The van der Waals surface area contributed by atoms with Gasteiger partial charge in [0.15, 0.2) is 0 Å². The molecule has 2 rings (SSSR count). The van der Waals surface area contributed by atoms with Crippen molar-refractivity contribution in [3.8, 4) is 0 Å². The van der Waals surface area contributed by atoms with E-state index in [0.29, 0.717) is 0 Å². The largest absolute Gasteiger partial charge is 0.386 e. The molecule has 1 aliphatic heterocycles. The van der Waals surface area contributed by atoms with E-state index in [1.54, 1.807) is 0 Å². The van der Waals surface area contributed by atoms with Crippen LogP contribution in [0.15, 0.2) is 18.2 Å². The van der Waals surface area contributed by atoms with Gasteiger partial charge < -0.3 is 10.0 Å². The van der Waals surface area contributed by atoms with E-state index in [1.807, 2.05) is 26.0 Å². The second-order valence-electron chi connectivity index (χ2n) is 4.89. The molecular weight excluding hydrogens is 186 g/mol. The lowest BCUT2D eigenvalue weighted by atomic mass is 9.88. The molecule has 0 spiro atoms. The van der Waals surface area contributed by atoms with E-state index in [0.717, 1.165) is 18.5 Å². The lowest BCUT2D eigenvalue weighted by Gasteiger charge is -2.32. The summed E-state index contributed by atoms with van der Waals surface area (Å²) in [5.41, 5.74) is 2.94. The Morgan fingerprint density at radius 1 is 1.33 bits per heavy atom. The van der Waals surface area contributed by atoms with Crippen molar-refractivity contribution in [3.05, 3.63) is 29.3 Å². The fourth-order valence-electron chi connectivity index (χ4n) is 2.38. The summed E-state index contributed by atoms with van der Waals surface area (Å²) in [6, 6.07) is 6.22. The van der Waals surface area contributed by atoms with Crippen LogP contribution in [0, 0.1) is 0 Å². The summed E-state index contributed by atoms with van der Waals surface area (Å²) in [6.07, 6.45) is 2.26. The predicted molar refractivity (Wildman–Crippen MR) is 63.3 cm³/mol. The molecule has 0 saturated carbocycles. The highest BCUT2D eigenvalue weighted by molar-refractivity contribution is 5.59. The summed E-state index contributed by atoms with van der Waals surface area (Å²) in [6.45, 7) is 4.83. The van der Waals surface area contributed by atoms with Crippen LogP contribution in [0.1, 0.15) is 31.4 Å². The molecule has 1 aromatic carbocycles. The van der Waals surface area contributed by atoms with Crippen molar-refractivity contribution in [2.45, 2.75) is 32.3 Å². The van der Waals surface area contributed by atoms with Crippen LogP contribution in [0.4, 0.5) is 5.69 Å². The number of hydrogen-bond donors (Lipinski definition) is 1. The fourth-order valence-corrected chi connectivity index (χ4v) is 2.38. The molecule has 1 aliphatic rings. The van der Waals surface area contributed by atoms with Crippen LogP contribution in [-0.2, 0) is 12.0 Å². The van der Waals surface area contributed by atoms with Crippen LogP contribution in [0.2, 0.25) is 0 Å². The average Bonchev–Trinajstić information content (AvgIpc) is 2.16. The molecular formula is C13H19NO. The lowest BCUT2D eigenvalue weighted by Crippen LogP contribution is -2.28. The first kappa shape index (κ1) is 10.5. The van der Waals surface area contributed by atoms with Crippen LogP contribution in [0.3, 0.4) is 0 Å². The van der Waals surface area contributed by atoms with Crippen molar-refractivity contribution in [1.29, 1.82) is 0 Å². The van der Waals surface area contributed by atoms with Crippen molar-refractivity contribution in [2.24, 2.45) is 0 Å². The first-order chi connectivity index (χ1) is 7.00. The molecule has 1 N–H and O–H groups in total. The van der Waals surface area contributed by atoms with Crippen molar-refractivity contribution in [1.82, 2.24) is 0 Å². The quantitative estimate of drug-likeness (QED) is 0.760. The molecule has 0 saturated heterocycles.